The number of halogens is 2. The molecule has 24 heavy (non-hydrogen) atoms. The minimum atomic E-state index is -3.95. The van der Waals surface area contributed by atoms with Gasteiger partial charge in [0.05, 0.1) is 5.56 Å². The molecular formula is C16H16F2N2O3S. The highest BCUT2D eigenvalue weighted by Crippen LogP contribution is 2.12. The quantitative estimate of drug-likeness (QED) is 0.748. The molecule has 0 heterocycles. The average Bonchev–Trinajstić information content (AvgIpc) is 2.55. The molecule has 0 spiro atoms. The summed E-state index contributed by atoms with van der Waals surface area (Å²) in [5.41, 5.74) is -0.0792. The summed E-state index contributed by atoms with van der Waals surface area (Å²) in [5.74, 6) is -2.04. The molecule has 1 amide bonds. The highest BCUT2D eigenvalue weighted by atomic mass is 32.2. The largest absolute Gasteiger partial charge is 0.352 e. The van der Waals surface area contributed by atoms with Crippen LogP contribution in [-0.2, 0) is 10.0 Å². The first-order valence-electron chi connectivity index (χ1n) is 7.19. The fourth-order valence-corrected chi connectivity index (χ4v) is 3.13. The van der Waals surface area contributed by atoms with Gasteiger partial charge in [0.1, 0.15) is 16.5 Å². The second-order valence-corrected chi connectivity index (χ2v) is 6.65. The molecule has 2 rings (SSSR count). The Kier molecular flexibility index (Phi) is 5.99. The Bertz CT molecular complexity index is 826. The third kappa shape index (κ3) is 4.59. The summed E-state index contributed by atoms with van der Waals surface area (Å²) in [6, 6.07) is 10.6. The maximum atomic E-state index is 13.5. The molecule has 2 aromatic carbocycles. The van der Waals surface area contributed by atoms with Crippen molar-refractivity contribution in [1.82, 2.24) is 10.0 Å². The van der Waals surface area contributed by atoms with Crippen LogP contribution in [0.3, 0.4) is 0 Å². The molecule has 0 saturated carbocycles. The van der Waals surface area contributed by atoms with E-state index in [1.807, 2.05) is 0 Å². The lowest BCUT2D eigenvalue weighted by Crippen LogP contribution is -2.30. The van der Waals surface area contributed by atoms with E-state index in [1.165, 1.54) is 30.3 Å². The van der Waals surface area contributed by atoms with Crippen LogP contribution in [0.25, 0.3) is 0 Å². The topological polar surface area (TPSA) is 75.3 Å². The molecule has 0 aliphatic carbocycles. The number of carbonyl (C=O) groups is 1. The number of amides is 1. The average molecular weight is 354 g/mol. The first kappa shape index (κ1) is 18.0. The number of sulfonamides is 1. The van der Waals surface area contributed by atoms with E-state index in [9.17, 15) is 22.0 Å². The molecule has 0 bridgehead atoms. The van der Waals surface area contributed by atoms with E-state index in [1.54, 1.807) is 6.07 Å². The Morgan fingerprint density at radius 2 is 1.54 bits per heavy atom. The van der Waals surface area contributed by atoms with Crippen molar-refractivity contribution in [2.45, 2.75) is 11.3 Å². The van der Waals surface area contributed by atoms with Crippen LogP contribution < -0.4 is 10.0 Å². The van der Waals surface area contributed by atoms with Crippen LogP contribution in [0.4, 0.5) is 8.78 Å². The number of nitrogens with one attached hydrogen (secondary N) is 2. The number of benzene rings is 2. The van der Waals surface area contributed by atoms with Crippen molar-refractivity contribution in [3.8, 4) is 0 Å². The Balaban J connectivity index is 1.80. The second-order valence-electron chi connectivity index (χ2n) is 4.92. The van der Waals surface area contributed by atoms with E-state index in [0.29, 0.717) is 0 Å². The van der Waals surface area contributed by atoms with Crippen LogP contribution in [-0.4, -0.2) is 27.4 Å². The predicted molar refractivity (Wildman–Crippen MR) is 84.9 cm³/mol. The van der Waals surface area contributed by atoms with Crippen LogP contribution >= 0.6 is 0 Å². The van der Waals surface area contributed by atoms with Gasteiger partial charge in [0.2, 0.25) is 10.0 Å². The third-order valence-electron chi connectivity index (χ3n) is 3.18. The molecule has 0 radical (unpaired) electrons. The molecule has 0 unspecified atom stereocenters. The fourth-order valence-electron chi connectivity index (χ4n) is 1.98. The van der Waals surface area contributed by atoms with Gasteiger partial charge in [-0.1, -0.05) is 24.3 Å². The van der Waals surface area contributed by atoms with Crippen molar-refractivity contribution in [3.05, 3.63) is 65.7 Å². The van der Waals surface area contributed by atoms with Gasteiger partial charge in [0.25, 0.3) is 5.91 Å². The van der Waals surface area contributed by atoms with E-state index in [4.69, 9.17) is 0 Å². The Morgan fingerprint density at radius 3 is 2.21 bits per heavy atom. The zero-order valence-corrected chi connectivity index (χ0v) is 13.4. The lowest BCUT2D eigenvalue weighted by atomic mass is 10.2. The molecule has 0 aromatic heterocycles. The van der Waals surface area contributed by atoms with Gasteiger partial charge in [-0.05, 0) is 30.7 Å². The predicted octanol–water partition coefficient (Wildman–Crippen LogP) is 2.06. The molecular weight excluding hydrogens is 338 g/mol. The van der Waals surface area contributed by atoms with Crippen molar-refractivity contribution in [2.75, 3.05) is 13.1 Å². The number of rotatable bonds is 7. The van der Waals surface area contributed by atoms with E-state index in [-0.39, 0.29) is 25.1 Å². The maximum Gasteiger partial charge on any atom is 0.254 e. The smallest absolute Gasteiger partial charge is 0.254 e. The van der Waals surface area contributed by atoms with Gasteiger partial charge < -0.3 is 5.32 Å². The number of carbonyl (C=O) groups excluding carboxylic acids is 1. The normalized spacial score (nSPS) is 11.2. The SMILES string of the molecule is O=C(NCCCNS(=O)(=O)c1ccccc1F)c1ccccc1F. The summed E-state index contributed by atoms with van der Waals surface area (Å²) in [6.45, 7) is 0.154. The number of hydrogen-bond donors (Lipinski definition) is 2. The monoisotopic (exact) mass is 354 g/mol. The van der Waals surface area contributed by atoms with Crippen molar-refractivity contribution in [1.29, 1.82) is 0 Å². The van der Waals surface area contributed by atoms with E-state index in [2.05, 4.69) is 10.0 Å². The highest BCUT2D eigenvalue weighted by Gasteiger charge is 2.17. The van der Waals surface area contributed by atoms with Gasteiger partial charge in [-0.2, -0.15) is 0 Å². The summed E-state index contributed by atoms with van der Waals surface area (Å²) in [6.07, 6.45) is 0.272. The van der Waals surface area contributed by atoms with Crippen LogP contribution in [0.2, 0.25) is 0 Å². The Morgan fingerprint density at radius 1 is 0.917 bits per heavy atom. The summed E-state index contributed by atoms with van der Waals surface area (Å²) in [5, 5.41) is 2.49. The maximum absolute atomic E-state index is 13.5. The van der Waals surface area contributed by atoms with Gasteiger partial charge in [-0.3, -0.25) is 4.79 Å². The third-order valence-corrected chi connectivity index (χ3v) is 4.67. The second kappa shape index (κ2) is 7.98. The molecule has 0 aliphatic rings. The Hall–Kier alpha value is -2.32. The van der Waals surface area contributed by atoms with Crippen molar-refractivity contribution >= 4 is 15.9 Å². The first-order valence-corrected chi connectivity index (χ1v) is 8.67. The molecule has 2 N–H and O–H groups in total. The van der Waals surface area contributed by atoms with E-state index < -0.39 is 32.5 Å². The summed E-state index contributed by atoms with van der Waals surface area (Å²) in [4.78, 5) is 11.3. The standard InChI is InChI=1S/C16H16F2N2O3S/c17-13-7-2-1-6-12(13)16(21)19-10-5-11-20-24(22,23)15-9-4-3-8-14(15)18/h1-4,6-9,20H,5,10-11H2,(H,19,21). The molecule has 5 nitrogen and oxygen atoms in total. The number of hydrogen-bond acceptors (Lipinski definition) is 3. The molecule has 0 atom stereocenters. The lowest BCUT2D eigenvalue weighted by Gasteiger charge is -2.08. The van der Waals surface area contributed by atoms with Gasteiger partial charge in [-0.15, -0.1) is 0 Å². The molecule has 8 heteroatoms. The van der Waals surface area contributed by atoms with E-state index in [0.717, 1.165) is 12.1 Å². The van der Waals surface area contributed by atoms with E-state index >= 15 is 0 Å². The van der Waals surface area contributed by atoms with Crippen LogP contribution in [0.1, 0.15) is 16.8 Å². The minimum Gasteiger partial charge on any atom is -0.352 e. The van der Waals surface area contributed by atoms with Crippen molar-refractivity contribution in [2.24, 2.45) is 0 Å². The molecule has 0 aliphatic heterocycles. The summed E-state index contributed by atoms with van der Waals surface area (Å²) in [7, 11) is -3.95. The van der Waals surface area contributed by atoms with Crippen molar-refractivity contribution < 1.29 is 22.0 Å². The molecule has 0 saturated heterocycles. The Labute approximate surface area is 138 Å². The van der Waals surface area contributed by atoms with Gasteiger partial charge >= 0.3 is 0 Å². The van der Waals surface area contributed by atoms with Crippen molar-refractivity contribution in [3.63, 3.8) is 0 Å². The fraction of sp³-hybridized carbons (Fsp3) is 0.188. The van der Waals surface area contributed by atoms with Gasteiger partial charge in [-0.25, -0.2) is 21.9 Å². The first-order chi connectivity index (χ1) is 11.4. The zero-order valence-electron chi connectivity index (χ0n) is 12.6. The molecule has 128 valence electrons. The zero-order chi connectivity index (χ0) is 17.6. The van der Waals surface area contributed by atoms with Crippen LogP contribution in [0.5, 0.6) is 0 Å². The van der Waals surface area contributed by atoms with Crippen LogP contribution in [0.15, 0.2) is 53.4 Å². The van der Waals surface area contributed by atoms with Gasteiger partial charge in [0.15, 0.2) is 0 Å². The molecule has 0 fully saturated rings. The summed E-state index contributed by atoms with van der Waals surface area (Å²) < 4.78 is 53.0. The van der Waals surface area contributed by atoms with Gasteiger partial charge in [0, 0.05) is 13.1 Å². The van der Waals surface area contributed by atoms with Crippen LogP contribution in [0, 0.1) is 11.6 Å². The minimum absolute atomic E-state index is 0.00815. The molecule has 2 aromatic rings. The highest BCUT2D eigenvalue weighted by molar-refractivity contribution is 7.89. The lowest BCUT2D eigenvalue weighted by molar-refractivity contribution is 0.0949. The summed E-state index contributed by atoms with van der Waals surface area (Å²) >= 11 is 0.